The smallest absolute Gasteiger partial charge is 0.310 e. The number of amidine groups is 1. The van der Waals surface area contributed by atoms with Gasteiger partial charge in [0.2, 0.25) is 0 Å². The van der Waals surface area contributed by atoms with Gasteiger partial charge in [0.25, 0.3) is 0 Å². The van der Waals surface area contributed by atoms with Gasteiger partial charge in [-0.15, -0.1) is 0 Å². The molecule has 6 nitrogen and oxygen atoms in total. The first-order chi connectivity index (χ1) is 8.00. The van der Waals surface area contributed by atoms with E-state index in [9.17, 15) is 10.1 Å². The molecule has 0 aromatic heterocycles. The number of hydrogen-bond acceptors (Lipinski definition) is 4. The average molecular weight is 237 g/mol. The van der Waals surface area contributed by atoms with Crippen LogP contribution < -0.4 is 10.5 Å². The van der Waals surface area contributed by atoms with Crippen LogP contribution in [0, 0.1) is 22.4 Å². The fraction of sp³-hybridized carbons (Fsp3) is 0.364. The van der Waals surface area contributed by atoms with Crippen LogP contribution in [0.15, 0.2) is 18.2 Å². The van der Waals surface area contributed by atoms with Crippen molar-refractivity contribution in [3.63, 3.8) is 0 Å². The minimum atomic E-state index is -0.472. The molecule has 0 atom stereocenters. The highest BCUT2D eigenvalue weighted by Gasteiger charge is 2.14. The van der Waals surface area contributed by atoms with Crippen molar-refractivity contribution < 1.29 is 9.66 Å². The van der Waals surface area contributed by atoms with Crippen LogP contribution in [0.1, 0.15) is 18.4 Å². The Morgan fingerprint density at radius 3 is 2.88 bits per heavy atom. The van der Waals surface area contributed by atoms with Crippen LogP contribution in [-0.2, 0) is 0 Å². The summed E-state index contributed by atoms with van der Waals surface area (Å²) in [5.41, 5.74) is 6.05. The number of nitro groups is 1. The number of nitrogens with two attached hydrogens (primary N) is 1. The quantitative estimate of drug-likeness (QED) is 0.259. The summed E-state index contributed by atoms with van der Waals surface area (Å²) in [7, 11) is 0. The first-order valence-corrected chi connectivity index (χ1v) is 5.21. The molecule has 3 N–H and O–H groups in total. The van der Waals surface area contributed by atoms with Crippen molar-refractivity contribution in [2.75, 3.05) is 6.61 Å². The molecule has 0 bridgehead atoms. The van der Waals surface area contributed by atoms with Gasteiger partial charge in [0.1, 0.15) is 0 Å². The minimum absolute atomic E-state index is 0.0431. The zero-order chi connectivity index (χ0) is 12.8. The van der Waals surface area contributed by atoms with Crippen molar-refractivity contribution in [1.29, 1.82) is 5.41 Å². The molecule has 0 heterocycles. The first-order valence-electron chi connectivity index (χ1n) is 5.21. The summed E-state index contributed by atoms with van der Waals surface area (Å²) >= 11 is 0. The van der Waals surface area contributed by atoms with Gasteiger partial charge < -0.3 is 10.5 Å². The molecule has 0 saturated carbocycles. The maximum atomic E-state index is 10.7. The van der Waals surface area contributed by atoms with E-state index in [2.05, 4.69) is 0 Å². The van der Waals surface area contributed by atoms with Gasteiger partial charge in [-0.2, -0.15) is 0 Å². The van der Waals surface area contributed by atoms with Crippen LogP contribution in [0.2, 0.25) is 0 Å². The van der Waals surface area contributed by atoms with E-state index >= 15 is 0 Å². The molecular formula is C11H15N3O3. The minimum Gasteiger partial charge on any atom is -0.487 e. The second-order valence-corrected chi connectivity index (χ2v) is 3.71. The summed E-state index contributed by atoms with van der Waals surface area (Å²) in [6.45, 7) is 2.15. The van der Waals surface area contributed by atoms with E-state index in [-0.39, 0.29) is 17.3 Å². The molecule has 0 fully saturated rings. The highest BCUT2D eigenvalue weighted by molar-refractivity contribution is 5.76. The fourth-order valence-corrected chi connectivity index (χ4v) is 1.33. The van der Waals surface area contributed by atoms with Crippen LogP contribution in [0.5, 0.6) is 5.75 Å². The van der Waals surface area contributed by atoms with Gasteiger partial charge in [-0.1, -0.05) is 6.07 Å². The standard InChI is InChI=1S/C11H15N3O3/c1-8-4-5-9(14(15)16)10(7-8)17-6-2-3-11(12)13/h4-5,7H,2-3,6H2,1H3,(H3,12,13). The second kappa shape index (κ2) is 5.83. The predicted octanol–water partition coefficient (Wildman–Crippen LogP) is 2.00. The molecule has 6 heteroatoms. The lowest BCUT2D eigenvalue weighted by Gasteiger charge is -2.07. The molecule has 0 saturated heterocycles. The highest BCUT2D eigenvalue weighted by atomic mass is 16.6. The third kappa shape index (κ3) is 4.10. The van der Waals surface area contributed by atoms with E-state index in [1.54, 1.807) is 12.1 Å². The topological polar surface area (TPSA) is 102 Å². The van der Waals surface area contributed by atoms with Gasteiger partial charge in [0, 0.05) is 12.5 Å². The van der Waals surface area contributed by atoms with Gasteiger partial charge in [-0.05, 0) is 25.0 Å². The lowest BCUT2D eigenvalue weighted by Crippen LogP contribution is -2.11. The summed E-state index contributed by atoms with van der Waals surface area (Å²) in [4.78, 5) is 10.3. The van der Waals surface area contributed by atoms with Crippen LogP contribution in [0.25, 0.3) is 0 Å². The van der Waals surface area contributed by atoms with Crippen LogP contribution in [0.3, 0.4) is 0 Å². The van der Waals surface area contributed by atoms with Crippen molar-refractivity contribution >= 4 is 11.5 Å². The first kappa shape index (κ1) is 13.0. The van der Waals surface area contributed by atoms with E-state index in [1.165, 1.54) is 6.07 Å². The number of nitro benzene ring substituents is 1. The summed E-state index contributed by atoms with van der Waals surface area (Å²) in [6, 6.07) is 4.72. The maximum absolute atomic E-state index is 10.7. The maximum Gasteiger partial charge on any atom is 0.310 e. The van der Waals surface area contributed by atoms with Crippen molar-refractivity contribution in [3.8, 4) is 5.75 Å². The lowest BCUT2D eigenvalue weighted by molar-refractivity contribution is -0.385. The second-order valence-electron chi connectivity index (χ2n) is 3.71. The number of nitrogens with zero attached hydrogens (tertiary/aromatic N) is 1. The summed E-state index contributed by atoms with van der Waals surface area (Å²) in [5.74, 6) is 0.353. The van der Waals surface area contributed by atoms with Crippen molar-refractivity contribution in [1.82, 2.24) is 0 Å². The highest BCUT2D eigenvalue weighted by Crippen LogP contribution is 2.27. The molecule has 1 aromatic rings. The third-order valence-corrected chi connectivity index (χ3v) is 2.16. The van der Waals surface area contributed by atoms with Crippen LogP contribution in [-0.4, -0.2) is 17.4 Å². The number of hydrogen-bond donors (Lipinski definition) is 2. The number of nitrogens with one attached hydrogen (secondary N) is 1. The molecule has 0 aliphatic heterocycles. The van der Waals surface area contributed by atoms with Crippen LogP contribution in [0.4, 0.5) is 5.69 Å². The van der Waals surface area contributed by atoms with Gasteiger partial charge >= 0.3 is 5.69 Å². The monoisotopic (exact) mass is 237 g/mol. The molecule has 0 aliphatic carbocycles. The van der Waals surface area contributed by atoms with E-state index in [0.717, 1.165) is 5.56 Å². The van der Waals surface area contributed by atoms with Gasteiger partial charge in [-0.3, -0.25) is 15.5 Å². The summed E-state index contributed by atoms with van der Waals surface area (Å²) in [5, 5.41) is 17.8. The molecule has 92 valence electrons. The van der Waals surface area contributed by atoms with Gasteiger partial charge in [0.15, 0.2) is 5.75 Å². The molecular weight excluding hydrogens is 222 g/mol. The van der Waals surface area contributed by atoms with E-state index in [4.69, 9.17) is 15.9 Å². The molecule has 0 spiro atoms. The Morgan fingerprint density at radius 2 is 2.29 bits per heavy atom. The number of rotatable bonds is 6. The lowest BCUT2D eigenvalue weighted by atomic mass is 10.2. The van der Waals surface area contributed by atoms with Crippen molar-refractivity contribution in [2.45, 2.75) is 19.8 Å². The van der Waals surface area contributed by atoms with Gasteiger partial charge in [0.05, 0.1) is 17.4 Å². The molecule has 0 radical (unpaired) electrons. The zero-order valence-electron chi connectivity index (χ0n) is 9.60. The Hall–Kier alpha value is -2.11. The normalized spacial score (nSPS) is 9.94. The Bertz CT molecular complexity index is 432. The van der Waals surface area contributed by atoms with Crippen molar-refractivity contribution in [2.24, 2.45) is 5.73 Å². The Kier molecular flexibility index (Phi) is 4.45. The van der Waals surface area contributed by atoms with E-state index in [1.807, 2.05) is 6.92 Å². The Balaban J connectivity index is 2.65. The summed E-state index contributed by atoms with van der Waals surface area (Å²) in [6.07, 6.45) is 1.00. The number of benzene rings is 1. The van der Waals surface area contributed by atoms with Gasteiger partial charge in [-0.25, -0.2) is 0 Å². The molecule has 0 unspecified atom stereocenters. The Labute approximate surface area is 99.0 Å². The average Bonchev–Trinajstić information content (AvgIpc) is 2.23. The number of aryl methyl sites for hydroxylation is 1. The SMILES string of the molecule is Cc1ccc([N+](=O)[O-])c(OCCCC(=N)N)c1. The van der Waals surface area contributed by atoms with E-state index < -0.39 is 4.92 Å². The molecule has 1 aromatic carbocycles. The largest absolute Gasteiger partial charge is 0.487 e. The molecule has 1 rings (SSSR count). The number of ether oxygens (including phenoxy) is 1. The van der Waals surface area contributed by atoms with Crippen molar-refractivity contribution in [3.05, 3.63) is 33.9 Å². The fourth-order valence-electron chi connectivity index (χ4n) is 1.33. The Morgan fingerprint density at radius 1 is 1.59 bits per heavy atom. The zero-order valence-corrected chi connectivity index (χ0v) is 9.60. The summed E-state index contributed by atoms with van der Waals surface area (Å²) < 4.78 is 5.34. The molecule has 0 amide bonds. The third-order valence-electron chi connectivity index (χ3n) is 2.16. The molecule has 0 aliphatic rings. The predicted molar refractivity (Wildman–Crippen MR) is 64.5 cm³/mol. The molecule has 17 heavy (non-hydrogen) atoms. The van der Waals surface area contributed by atoms with E-state index in [0.29, 0.717) is 19.4 Å². The van der Waals surface area contributed by atoms with Crippen LogP contribution >= 0.6 is 0 Å².